The van der Waals surface area contributed by atoms with Crippen LogP contribution in [0.25, 0.3) is 22.1 Å². The smallest absolute Gasteiger partial charge is 0.332 e. The Morgan fingerprint density at radius 1 is 1.23 bits per heavy atom. The first-order chi connectivity index (χ1) is 14.5. The van der Waals surface area contributed by atoms with Gasteiger partial charge < -0.3 is 14.9 Å². The Kier molecular flexibility index (Phi) is 4.56. The van der Waals surface area contributed by atoms with Crippen LogP contribution in [0.3, 0.4) is 0 Å². The highest BCUT2D eigenvalue weighted by molar-refractivity contribution is 6.35. The molecule has 4 heterocycles. The molecule has 0 aliphatic carbocycles. The molecule has 0 amide bonds. The molecule has 9 heteroatoms. The van der Waals surface area contributed by atoms with Crippen molar-refractivity contribution in [2.75, 3.05) is 13.1 Å². The second-order valence-corrected chi connectivity index (χ2v) is 8.38. The molecule has 8 nitrogen and oxygen atoms in total. The van der Waals surface area contributed by atoms with Gasteiger partial charge in [0.05, 0.1) is 6.54 Å². The second-order valence-electron chi connectivity index (χ2n) is 7.97. The predicted molar refractivity (Wildman–Crippen MR) is 117 cm³/mol. The van der Waals surface area contributed by atoms with Crippen molar-refractivity contribution in [3.05, 3.63) is 61.6 Å². The summed E-state index contributed by atoms with van der Waals surface area (Å²) in [6.45, 7) is 1.97. The number of benzene rings is 1. The summed E-state index contributed by atoms with van der Waals surface area (Å²) in [4.78, 5) is 34.3. The molecular weight excluding hydrogens is 404 g/mol. The fraction of sp³-hybridized carbons (Fsp3) is 0.381. The third-order valence-corrected chi connectivity index (χ3v) is 6.38. The maximum absolute atomic E-state index is 13.3. The van der Waals surface area contributed by atoms with E-state index in [-0.39, 0.29) is 23.7 Å². The standard InChI is InChI=1S/C21H23ClN6O2/c1-26-17-19(25-18(26)12-5-4-8-23-10-12)27(2)21(30)28(20(17)29)11-13-9-14-15(22)6-3-7-16(14)24-13/h3,6-7,9,12,23-24H,4-5,8,10-11H2,1-2H3. The van der Waals surface area contributed by atoms with Gasteiger partial charge in [-0.15, -0.1) is 0 Å². The fourth-order valence-electron chi connectivity index (χ4n) is 4.47. The fourth-order valence-corrected chi connectivity index (χ4v) is 4.70. The zero-order valence-corrected chi connectivity index (χ0v) is 17.7. The van der Waals surface area contributed by atoms with E-state index in [0.717, 1.165) is 48.4 Å². The average Bonchev–Trinajstić information content (AvgIpc) is 3.32. The lowest BCUT2D eigenvalue weighted by Gasteiger charge is -2.22. The van der Waals surface area contributed by atoms with Gasteiger partial charge >= 0.3 is 5.69 Å². The highest BCUT2D eigenvalue weighted by Crippen LogP contribution is 2.25. The van der Waals surface area contributed by atoms with Crippen LogP contribution in [0.1, 0.15) is 30.3 Å². The molecule has 0 saturated carbocycles. The van der Waals surface area contributed by atoms with Crippen LogP contribution in [0, 0.1) is 0 Å². The van der Waals surface area contributed by atoms with Crippen LogP contribution in [-0.4, -0.2) is 36.8 Å². The number of piperidine rings is 1. The highest BCUT2D eigenvalue weighted by atomic mass is 35.5. The minimum atomic E-state index is -0.385. The van der Waals surface area contributed by atoms with Crippen molar-refractivity contribution in [1.29, 1.82) is 0 Å². The van der Waals surface area contributed by atoms with Crippen molar-refractivity contribution in [2.45, 2.75) is 25.3 Å². The van der Waals surface area contributed by atoms with E-state index in [2.05, 4.69) is 10.3 Å². The predicted octanol–water partition coefficient (Wildman–Crippen LogP) is 2.08. The Balaban J connectivity index is 1.65. The third-order valence-electron chi connectivity index (χ3n) is 6.05. The monoisotopic (exact) mass is 426 g/mol. The lowest BCUT2D eigenvalue weighted by molar-refractivity contribution is 0.440. The number of aromatic nitrogens is 5. The van der Waals surface area contributed by atoms with Crippen LogP contribution in [0.4, 0.5) is 0 Å². The highest BCUT2D eigenvalue weighted by Gasteiger charge is 2.25. The van der Waals surface area contributed by atoms with Gasteiger partial charge in [0.25, 0.3) is 5.56 Å². The topological polar surface area (TPSA) is 89.6 Å². The summed E-state index contributed by atoms with van der Waals surface area (Å²) < 4.78 is 4.57. The maximum atomic E-state index is 13.3. The van der Waals surface area contributed by atoms with E-state index in [0.29, 0.717) is 16.2 Å². The van der Waals surface area contributed by atoms with E-state index in [9.17, 15) is 9.59 Å². The minimum absolute atomic E-state index is 0.137. The van der Waals surface area contributed by atoms with Gasteiger partial charge in [0.15, 0.2) is 11.2 Å². The van der Waals surface area contributed by atoms with E-state index in [4.69, 9.17) is 16.6 Å². The molecule has 1 unspecified atom stereocenters. The molecule has 1 saturated heterocycles. The number of fused-ring (bicyclic) bond motifs is 2. The molecule has 0 bridgehead atoms. The molecule has 5 rings (SSSR count). The molecule has 3 aromatic heterocycles. The summed E-state index contributed by atoms with van der Waals surface area (Å²) in [5.41, 5.74) is 1.79. The quantitative estimate of drug-likeness (QED) is 0.525. The zero-order valence-electron chi connectivity index (χ0n) is 16.9. The van der Waals surface area contributed by atoms with Gasteiger partial charge in [0.2, 0.25) is 0 Å². The van der Waals surface area contributed by atoms with E-state index in [1.165, 1.54) is 9.13 Å². The van der Waals surface area contributed by atoms with Crippen molar-refractivity contribution in [3.63, 3.8) is 0 Å². The second kappa shape index (κ2) is 7.14. The Hall–Kier alpha value is -2.84. The maximum Gasteiger partial charge on any atom is 0.332 e. The molecule has 2 N–H and O–H groups in total. The van der Waals surface area contributed by atoms with Gasteiger partial charge in [-0.1, -0.05) is 17.7 Å². The van der Waals surface area contributed by atoms with Crippen molar-refractivity contribution >= 4 is 33.7 Å². The molecule has 1 aliphatic heterocycles. The number of aromatic amines is 1. The number of nitrogens with zero attached hydrogens (tertiary/aromatic N) is 4. The summed E-state index contributed by atoms with van der Waals surface area (Å²) in [6, 6.07) is 7.48. The van der Waals surface area contributed by atoms with Crippen LogP contribution in [-0.2, 0) is 20.6 Å². The molecule has 4 aromatic rings. The first kappa shape index (κ1) is 19.1. The van der Waals surface area contributed by atoms with Gasteiger partial charge in [-0.25, -0.2) is 9.78 Å². The first-order valence-electron chi connectivity index (χ1n) is 10.1. The van der Waals surface area contributed by atoms with Crippen LogP contribution in [0.2, 0.25) is 5.02 Å². The van der Waals surface area contributed by atoms with Crippen molar-refractivity contribution in [3.8, 4) is 0 Å². The zero-order chi connectivity index (χ0) is 21.0. The Labute approximate surface area is 177 Å². The lowest BCUT2D eigenvalue weighted by Crippen LogP contribution is -2.39. The summed E-state index contributed by atoms with van der Waals surface area (Å²) >= 11 is 6.27. The average molecular weight is 427 g/mol. The van der Waals surface area contributed by atoms with Crippen molar-refractivity contribution < 1.29 is 0 Å². The number of H-pyrrole nitrogens is 1. The Morgan fingerprint density at radius 2 is 2.07 bits per heavy atom. The van der Waals surface area contributed by atoms with Gasteiger partial charge in [0, 0.05) is 48.2 Å². The number of nitrogens with one attached hydrogen (secondary N) is 2. The van der Waals surface area contributed by atoms with Crippen molar-refractivity contribution in [2.24, 2.45) is 14.1 Å². The van der Waals surface area contributed by atoms with E-state index < -0.39 is 0 Å². The molecule has 156 valence electrons. The Morgan fingerprint density at radius 3 is 2.80 bits per heavy atom. The molecule has 0 spiro atoms. The molecule has 30 heavy (non-hydrogen) atoms. The number of rotatable bonds is 3. The third kappa shape index (κ3) is 2.90. The molecule has 1 aromatic carbocycles. The largest absolute Gasteiger partial charge is 0.357 e. The van der Waals surface area contributed by atoms with Gasteiger partial charge in [-0.05, 0) is 37.6 Å². The SMILES string of the molecule is Cn1c(C2CCCNC2)nc2c1c(=O)n(Cc1cc3c(Cl)cccc3[nH]1)c(=O)n2C. The van der Waals surface area contributed by atoms with Gasteiger partial charge in [0.1, 0.15) is 5.82 Å². The molecule has 0 radical (unpaired) electrons. The molecule has 1 atom stereocenters. The van der Waals surface area contributed by atoms with Gasteiger partial charge in [-0.2, -0.15) is 0 Å². The number of hydrogen-bond acceptors (Lipinski definition) is 4. The number of hydrogen-bond donors (Lipinski definition) is 2. The normalized spacial score (nSPS) is 17.2. The summed E-state index contributed by atoms with van der Waals surface area (Å²) in [7, 11) is 3.52. The number of imidazole rings is 1. The van der Waals surface area contributed by atoms with Crippen LogP contribution < -0.4 is 16.6 Å². The van der Waals surface area contributed by atoms with Crippen LogP contribution in [0.15, 0.2) is 33.9 Å². The number of aryl methyl sites for hydroxylation is 2. The Bertz CT molecular complexity index is 1390. The van der Waals surface area contributed by atoms with Crippen LogP contribution in [0.5, 0.6) is 0 Å². The molecule has 1 fully saturated rings. The van der Waals surface area contributed by atoms with Crippen molar-refractivity contribution in [1.82, 2.24) is 29.0 Å². The first-order valence-corrected chi connectivity index (χ1v) is 10.5. The molecular formula is C21H23ClN6O2. The summed E-state index contributed by atoms with van der Waals surface area (Å²) in [5, 5.41) is 4.88. The number of halogens is 1. The summed E-state index contributed by atoms with van der Waals surface area (Å²) in [5.74, 6) is 1.08. The van der Waals surface area contributed by atoms with E-state index in [1.807, 2.05) is 35.9 Å². The van der Waals surface area contributed by atoms with Crippen LogP contribution >= 0.6 is 11.6 Å². The summed E-state index contributed by atoms with van der Waals surface area (Å²) in [6.07, 6.45) is 2.09. The molecule has 1 aliphatic rings. The van der Waals surface area contributed by atoms with E-state index >= 15 is 0 Å². The van der Waals surface area contributed by atoms with E-state index in [1.54, 1.807) is 7.05 Å². The lowest BCUT2D eigenvalue weighted by atomic mass is 9.99. The van der Waals surface area contributed by atoms with Gasteiger partial charge in [-0.3, -0.25) is 13.9 Å². The minimum Gasteiger partial charge on any atom is -0.357 e.